The van der Waals surface area contributed by atoms with E-state index in [-0.39, 0.29) is 5.91 Å². The zero-order valence-corrected chi connectivity index (χ0v) is 16.3. The van der Waals surface area contributed by atoms with Crippen LogP contribution in [-0.4, -0.2) is 25.2 Å². The summed E-state index contributed by atoms with van der Waals surface area (Å²) in [4.78, 5) is 12.2. The zero-order chi connectivity index (χ0) is 19.1. The molecule has 0 heterocycles. The molecule has 0 aliphatic carbocycles. The van der Waals surface area contributed by atoms with E-state index in [4.69, 9.17) is 9.47 Å². The van der Waals surface area contributed by atoms with E-state index < -0.39 is 6.10 Å². The lowest BCUT2D eigenvalue weighted by molar-refractivity contribution is -0.127. The third-order valence-electron chi connectivity index (χ3n) is 4.08. The highest BCUT2D eigenvalue weighted by Crippen LogP contribution is 2.25. The van der Waals surface area contributed by atoms with Crippen molar-refractivity contribution < 1.29 is 14.3 Å². The molecule has 0 unspecified atom stereocenters. The van der Waals surface area contributed by atoms with E-state index in [9.17, 15) is 4.79 Å². The largest absolute Gasteiger partial charge is 0.491 e. The number of hydrogen-bond donors (Lipinski definition) is 1. The summed E-state index contributed by atoms with van der Waals surface area (Å²) in [6, 6.07) is 13.9. The Morgan fingerprint density at radius 3 is 2.35 bits per heavy atom. The monoisotopic (exact) mass is 355 g/mol. The molecule has 4 heteroatoms. The fourth-order valence-electron chi connectivity index (χ4n) is 2.83. The summed E-state index contributed by atoms with van der Waals surface area (Å²) in [6.07, 6.45) is -0.556. The average molecular weight is 355 g/mol. The molecule has 2 aromatic rings. The van der Waals surface area contributed by atoms with E-state index in [1.807, 2.05) is 44.2 Å². The molecule has 2 aromatic carbocycles. The van der Waals surface area contributed by atoms with Crippen molar-refractivity contribution in [2.75, 3.05) is 13.2 Å². The second-order valence-electron chi connectivity index (χ2n) is 6.92. The topological polar surface area (TPSA) is 47.6 Å². The van der Waals surface area contributed by atoms with Crippen LogP contribution >= 0.6 is 0 Å². The molecule has 0 bridgehead atoms. The zero-order valence-electron chi connectivity index (χ0n) is 16.3. The van der Waals surface area contributed by atoms with Gasteiger partial charge in [0, 0.05) is 0 Å². The summed E-state index contributed by atoms with van der Waals surface area (Å²) in [5, 5.41) is 2.86. The number of amides is 1. The molecule has 1 atom stereocenters. The maximum atomic E-state index is 12.2. The van der Waals surface area contributed by atoms with Gasteiger partial charge in [-0.25, -0.2) is 0 Å². The standard InChI is InChI=1S/C22H29NO3/c1-15(2)20-8-6-7-9-21(20)25-11-10-23-22(24)18(5)26-19-13-16(3)12-17(4)14-19/h6-9,12-15,18H,10-11H2,1-5H3,(H,23,24)/t18-/m1/s1. The molecular weight excluding hydrogens is 326 g/mol. The van der Waals surface area contributed by atoms with Crippen LogP contribution in [0.15, 0.2) is 42.5 Å². The summed E-state index contributed by atoms with van der Waals surface area (Å²) >= 11 is 0. The predicted octanol–water partition coefficient (Wildman–Crippen LogP) is 4.39. The lowest BCUT2D eigenvalue weighted by Gasteiger charge is -2.17. The first-order valence-electron chi connectivity index (χ1n) is 9.11. The second-order valence-corrected chi connectivity index (χ2v) is 6.92. The van der Waals surface area contributed by atoms with Crippen LogP contribution in [0, 0.1) is 13.8 Å². The first kappa shape index (κ1) is 19.8. The number of rotatable bonds is 8. The summed E-state index contributed by atoms with van der Waals surface area (Å²) in [7, 11) is 0. The van der Waals surface area contributed by atoms with Gasteiger partial charge in [0.1, 0.15) is 18.1 Å². The van der Waals surface area contributed by atoms with Crippen LogP contribution in [-0.2, 0) is 4.79 Å². The Balaban J connectivity index is 1.79. The van der Waals surface area contributed by atoms with Crippen molar-refractivity contribution in [3.05, 3.63) is 59.2 Å². The van der Waals surface area contributed by atoms with Gasteiger partial charge in [-0.05, 0) is 61.6 Å². The molecule has 0 fully saturated rings. The maximum Gasteiger partial charge on any atom is 0.260 e. The van der Waals surface area contributed by atoms with Gasteiger partial charge in [0.25, 0.3) is 5.91 Å². The number of carbonyl (C=O) groups is 1. The SMILES string of the molecule is Cc1cc(C)cc(O[C@H](C)C(=O)NCCOc2ccccc2C(C)C)c1. The highest BCUT2D eigenvalue weighted by Gasteiger charge is 2.14. The Morgan fingerprint density at radius 1 is 1.04 bits per heavy atom. The molecule has 4 nitrogen and oxygen atoms in total. The van der Waals surface area contributed by atoms with Gasteiger partial charge in [0.2, 0.25) is 0 Å². The minimum Gasteiger partial charge on any atom is -0.491 e. The van der Waals surface area contributed by atoms with E-state index in [1.165, 1.54) is 5.56 Å². The van der Waals surface area contributed by atoms with Gasteiger partial charge < -0.3 is 14.8 Å². The summed E-state index contributed by atoms with van der Waals surface area (Å²) in [5.41, 5.74) is 3.40. The molecule has 0 radical (unpaired) electrons. The second kappa shape index (κ2) is 9.27. The Hall–Kier alpha value is -2.49. The van der Waals surface area contributed by atoms with Gasteiger partial charge in [-0.3, -0.25) is 4.79 Å². The number of aryl methyl sites for hydroxylation is 2. The molecule has 0 aliphatic rings. The van der Waals surface area contributed by atoms with Crippen LogP contribution in [0.5, 0.6) is 11.5 Å². The van der Waals surface area contributed by atoms with Crippen molar-refractivity contribution in [1.82, 2.24) is 5.32 Å². The van der Waals surface area contributed by atoms with Crippen molar-refractivity contribution in [3.8, 4) is 11.5 Å². The Kier molecular flexibility index (Phi) is 7.07. The molecule has 0 aliphatic heterocycles. The smallest absolute Gasteiger partial charge is 0.260 e. The quantitative estimate of drug-likeness (QED) is 0.715. The molecule has 0 aromatic heterocycles. The Bertz CT molecular complexity index is 720. The van der Waals surface area contributed by atoms with E-state index in [0.717, 1.165) is 16.9 Å². The highest BCUT2D eigenvalue weighted by atomic mass is 16.5. The van der Waals surface area contributed by atoms with Crippen LogP contribution in [0.25, 0.3) is 0 Å². The first-order chi connectivity index (χ1) is 12.4. The molecule has 0 saturated carbocycles. The molecule has 26 heavy (non-hydrogen) atoms. The molecule has 0 spiro atoms. The lowest BCUT2D eigenvalue weighted by atomic mass is 10.0. The number of para-hydroxylation sites is 1. The normalized spacial score (nSPS) is 11.9. The first-order valence-corrected chi connectivity index (χ1v) is 9.11. The highest BCUT2D eigenvalue weighted by molar-refractivity contribution is 5.80. The molecule has 140 valence electrons. The number of nitrogens with one attached hydrogen (secondary N) is 1. The van der Waals surface area contributed by atoms with Crippen LogP contribution in [0.1, 0.15) is 43.4 Å². The third kappa shape index (κ3) is 5.80. The van der Waals surface area contributed by atoms with Crippen LogP contribution in [0.2, 0.25) is 0 Å². The van der Waals surface area contributed by atoms with Gasteiger partial charge in [-0.15, -0.1) is 0 Å². The molecule has 1 N–H and O–H groups in total. The van der Waals surface area contributed by atoms with Crippen LogP contribution in [0.3, 0.4) is 0 Å². The van der Waals surface area contributed by atoms with Gasteiger partial charge in [0.05, 0.1) is 6.54 Å². The fraction of sp³-hybridized carbons (Fsp3) is 0.409. The van der Waals surface area contributed by atoms with E-state index >= 15 is 0 Å². The number of carbonyl (C=O) groups excluding carboxylic acids is 1. The van der Waals surface area contributed by atoms with E-state index in [0.29, 0.717) is 24.8 Å². The average Bonchev–Trinajstić information content (AvgIpc) is 2.57. The number of hydrogen-bond acceptors (Lipinski definition) is 3. The number of benzene rings is 2. The van der Waals surface area contributed by atoms with Crippen molar-refractivity contribution in [2.45, 2.75) is 46.6 Å². The van der Waals surface area contributed by atoms with Crippen molar-refractivity contribution in [1.29, 1.82) is 0 Å². The summed E-state index contributed by atoms with van der Waals surface area (Å²) in [5.74, 6) is 1.83. The summed E-state index contributed by atoms with van der Waals surface area (Å²) in [6.45, 7) is 10.9. The summed E-state index contributed by atoms with van der Waals surface area (Å²) < 4.78 is 11.6. The Morgan fingerprint density at radius 2 is 1.69 bits per heavy atom. The fourth-order valence-corrected chi connectivity index (χ4v) is 2.83. The molecular formula is C22H29NO3. The van der Waals surface area contributed by atoms with Crippen molar-refractivity contribution >= 4 is 5.91 Å². The van der Waals surface area contributed by atoms with Crippen LogP contribution < -0.4 is 14.8 Å². The lowest BCUT2D eigenvalue weighted by Crippen LogP contribution is -2.38. The number of ether oxygens (including phenoxy) is 2. The minimum absolute atomic E-state index is 0.148. The van der Waals surface area contributed by atoms with E-state index in [1.54, 1.807) is 6.92 Å². The van der Waals surface area contributed by atoms with Crippen molar-refractivity contribution in [2.24, 2.45) is 0 Å². The van der Waals surface area contributed by atoms with Gasteiger partial charge >= 0.3 is 0 Å². The van der Waals surface area contributed by atoms with Crippen LogP contribution in [0.4, 0.5) is 0 Å². The molecule has 0 saturated heterocycles. The van der Waals surface area contributed by atoms with Gasteiger partial charge in [-0.1, -0.05) is 38.1 Å². The molecule has 2 rings (SSSR count). The predicted molar refractivity (Wildman–Crippen MR) is 105 cm³/mol. The molecule has 1 amide bonds. The van der Waals surface area contributed by atoms with E-state index in [2.05, 4.69) is 31.3 Å². The Labute approximate surface area is 156 Å². The van der Waals surface area contributed by atoms with Gasteiger partial charge in [-0.2, -0.15) is 0 Å². The van der Waals surface area contributed by atoms with Gasteiger partial charge in [0.15, 0.2) is 6.10 Å². The maximum absolute atomic E-state index is 12.2. The van der Waals surface area contributed by atoms with Crippen molar-refractivity contribution in [3.63, 3.8) is 0 Å². The minimum atomic E-state index is -0.556. The third-order valence-corrected chi connectivity index (χ3v) is 4.08.